The number of sulfone groups is 2. The van der Waals surface area contributed by atoms with Crippen LogP contribution in [0.5, 0.6) is 0 Å². The Bertz CT molecular complexity index is 1650. The number of amides is 1. The van der Waals surface area contributed by atoms with Gasteiger partial charge in [0, 0.05) is 23.6 Å². The van der Waals surface area contributed by atoms with Gasteiger partial charge in [0.2, 0.25) is 0 Å². The van der Waals surface area contributed by atoms with Crippen LogP contribution in [0.15, 0.2) is 51.2 Å². The second kappa shape index (κ2) is 14.6. The summed E-state index contributed by atoms with van der Waals surface area (Å²) < 4.78 is 47.8. The quantitative estimate of drug-likeness (QED) is 0.237. The summed E-state index contributed by atoms with van der Waals surface area (Å²) >= 11 is 5.53. The molecule has 0 aliphatic rings. The minimum atomic E-state index is -3.50. The topological polar surface area (TPSA) is 167 Å². The molecule has 9 nitrogen and oxygen atoms in total. The Morgan fingerprint density at radius 2 is 1.12 bits per heavy atom. The van der Waals surface area contributed by atoms with Gasteiger partial charge >= 0.3 is 0 Å². The Hall–Kier alpha value is -3.28. The van der Waals surface area contributed by atoms with Gasteiger partial charge in [-0.25, -0.2) is 16.8 Å². The van der Waals surface area contributed by atoms with Crippen LogP contribution in [0.3, 0.4) is 0 Å². The van der Waals surface area contributed by atoms with Crippen molar-refractivity contribution in [2.24, 2.45) is 16.5 Å². The van der Waals surface area contributed by atoms with E-state index >= 15 is 0 Å². The Labute approximate surface area is 248 Å². The minimum absolute atomic E-state index is 0.0921. The molecule has 0 aliphatic heterocycles. The fourth-order valence-corrected chi connectivity index (χ4v) is 6.01. The average Bonchev–Trinajstić information content (AvgIpc) is 2.89. The first-order valence-corrected chi connectivity index (χ1v) is 16.8. The van der Waals surface area contributed by atoms with Gasteiger partial charge in [0.1, 0.15) is 0 Å². The van der Waals surface area contributed by atoms with E-state index in [4.69, 9.17) is 23.1 Å². The Kier molecular flexibility index (Phi) is 12.7. The summed E-state index contributed by atoms with van der Waals surface area (Å²) in [5.41, 5.74) is 15.2. The van der Waals surface area contributed by atoms with Crippen molar-refractivity contribution >= 4 is 59.5 Å². The van der Waals surface area contributed by atoms with Crippen molar-refractivity contribution < 1.29 is 26.4 Å². The molecular formula is C29H38ClN3O6S2. The first-order valence-electron chi connectivity index (χ1n) is 12.7. The summed E-state index contributed by atoms with van der Waals surface area (Å²) in [6.07, 6.45) is 7.06. The lowest BCUT2D eigenvalue weighted by Gasteiger charge is -2.14. The van der Waals surface area contributed by atoms with Gasteiger partial charge in [-0.3, -0.25) is 9.59 Å². The maximum atomic E-state index is 12.1. The number of hydrogen-bond acceptors (Lipinski definition) is 6. The number of halogens is 1. The standard InChI is InChI=1S/C15H21N3O3S.C14H17ClO3S/c1-5-9(3)11-7-10(6-2)12(14(19)18-15(16)17)8-13(11)22(4,20)21;1-5-9(3)11-7-10(6-2)12(14(15)16)8-13(11)19(4,17)18/h5,7-8H,6H2,1-4H3,(H4,16,17,18,19);5,7-8H,6H2,1-4H3. The second-order valence-corrected chi connectivity index (χ2v) is 13.6. The molecule has 0 saturated heterocycles. The fraction of sp³-hybridized carbons (Fsp3) is 0.345. The highest BCUT2D eigenvalue weighted by Crippen LogP contribution is 2.29. The maximum absolute atomic E-state index is 12.1. The van der Waals surface area contributed by atoms with E-state index in [1.54, 1.807) is 12.1 Å². The van der Waals surface area contributed by atoms with Gasteiger partial charge in [-0.2, -0.15) is 4.99 Å². The molecule has 0 radical (unpaired) electrons. The molecular weight excluding hydrogens is 586 g/mol. The number of rotatable bonds is 8. The van der Waals surface area contributed by atoms with E-state index < -0.39 is 30.8 Å². The van der Waals surface area contributed by atoms with E-state index in [0.717, 1.165) is 29.2 Å². The number of hydrogen-bond donors (Lipinski definition) is 2. The number of guanidine groups is 1. The molecule has 224 valence electrons. The average molecular weight is 624 g/mol. The van der Waals surface area contributed by atoms with Crippen LogP contribution in [0.2, 0.25) is 0 Å². The van der Waals surface area contributed by atoms with Crippen LogP contribution in [-0.2, 0) is 32.5 Å². The summed E-state index contributed by atoms with van der Waals surface area (Å²) in [7, 11) is -6.92. The molecule has 0 aliphatic carbocycles. The van der Waals surface area contributed by atoms with Crippen molar-refractivity contribution in [3.8, 4) is 0 Å². The van der Waals surface area contributed by atoms with Crippen molar-refractivity contribution in [2.75, 3.05) is 12.5 Å². The molecule has 41 heavy (non-hydrogen) atoms. The summed E-state index contributed by atoms with van der Waals surface area (Å²) in [6.45, 7) is 11.1. The number of benzene rings is 2. The van der Waals surface area contributed by atoms with Crippen molar-refractivity contribution in [3.05, 3.63) is 69.8 Å². The highest BCUT2D eigenvalue weighted by atomic mass is 35.5. The summed E-state index contributed by atoms with van der Waals surface area (Å²) in [4.78, 5) is 27.3. The zero-order valence-corrected chi connectivity index (χ0v) is 27.0. The van der Waals surface area contributed by atoms with Crippen molar-refractivity contribution in [1.82, 2.24) is 0 Å². The van der Waals surface area contributed by atoms with Gasteiger partial charge in [0.05, 0.1) is 9.79 Å². The van der Waals surface area contributed by atoms with Gasteiger partial charge in [0.25, 0.3) is 11.1 Å². The monoisotopic (exact) mass is 623 g/mol. The van der Waals surface area contributed by atoms with Crippen LogP contribution in [0.1, 0.15) is 84.5 Å². The third kappa shape index (κ3) is 9.37. The van der Waals surface area contributed by atoms with Crippen LogP contribution in [0.25, 0.3) is 11.1 Å². The highest BCUT2D eigenvalue weighted by Gasteiger charge is 2.21. The van der Waals surface area contributed by atoms with E-state index in [0.29, 0.717) is 29.5 Å². The van der Waals surface area contributed by atoms with E-state index in [1.807, 2.05) is 53.7 Å². The fourth-order valence-electron chi connectivity index (χ4n) is 3.93. The van der Waals surface area contributed by atoms with E-state index in [-0.39, 0.29) is 26.9 Å². The predicted octanol–water partition coefficient (Wildman–Crippen LogP) is 4.94. The van der Waals surface area contributed by atoms with Crippen LogP contribution < -0.4 is 11.5 Å². The summed E-state index contributed by atoms with van der Waals surface area (Å²) in [5, 5.41) is -0.633. The molecule has 0 saturated carbocycles. The third-order valence-corrected chi connectivity index (χ3v) is 8.84. The molecule has 2 aromatic carbocycles. The maximum Gasteiger partial charge on any atom is 0.280 e. The van der Waals surface area contributed by atoms with E-state index in [1.165, 1.54) is 12.1 Å². The summed E-state index contributed by atoms with van der Waals surface area (Å²) in [5.74, 6) is -1.01. The van der Waals surface area contributed by atoms with Gasteiger partial charge in [-0.1, -0.05) is 26.0 Å². The number of carbonyl (C=O) groups excluding carboxylic acids is 2. The van der Waals surface area contributed by atoms with Crippen molar-refractivity contribution in [1.29, 1.82) is 0 Å². The number of aliphatic imine (C=N–C) groups is 1. The molecule has 0 heterocycles. The zero-order valence-electron chi connectivity index (χ0n) is 24.6. The molecule has 0 aromatic heterocycles. The van der Waals surface area contributed by atoms with E-state index in [2.05, 4.69) is 4.99 Å². The molecule has 0 fully saturated rings. The number of nitrogens with zero attached hydrogens (tertiary/aromatic N) is 1. The largest absolute Gasteiger partial charge is 0.370 e. The third-order valence-electron chi connectivity index (χ3n) is 6.36. The molecule has 4 N–H and O–H groups in total. The van der Waals surface area contributed by atoms with Crippen molar-refractivity contribution in [2.45, 2.75) is 64.2 Å². The summed E-state index contributed by atoms with van der Waals surface area (Å²) in [6, 6.07) is 6.18. The van der Waals surface area contributed by atoms with Gasteiger partial charge < -0.3 is 11.5 Å². The zero-order chi connectivity index (χ0) is 31.9. The Balaban J connectivity index is 0.000000414. The van der Waals surface area contributed by atoms with Crippen LogP contribution >= 0.6 is 11.6 Å². The van der Waals surface area contributed by atoms with Gasteiger partial charge in [0.15, 0.2) is 25.6 Å². The number of aryl methyl sites for hydroxylation is 2. The normalized spacial score (nSPS) is 12.3. The molecule has 0 unspecified atom stereocenters. The molecule has 0 atom stereocenters. The number of nitrogens with two attached hydrogens (primary N) is 2. The van der Waals surface area contributed by atoms with Crippen molar-refractivity contribution in [3.63, 3.8) is 0 Å². The Morgan fingerprint density at radius 3 is 1.41 bits per heavy atom. The molecule has 2 rings (SSSR count). The lowest BCUT2D eigenvalue weighted by Crippen LogP contribution is -2.24. The lowest BCUT2D eigenvalue weighted by atomic mass is 9.97. The first kappa shape index (κ1) is 35.7. The molecule has 12 heteroatoms. The smallest absolute Gasteiger partial charge is 0.280 e. The second-order valence-electron chi connectivity index (χ2n) is 9.32. The number of allylic oxidation sites excluding steroid dienone is 4. The minimum Gasteiger partial charge on any atom is -0.370 e. The van der Waals surface area contributed by atoms with Crippen LogP contribution in [-0.4, -0.2) is 46.5 Å². The lowest BCUT2D eigenvalue weighted by molar-refractivity contribution is 0.100. The van der Waals surface area contributed by atoms with Crippen LogP contribution in [0, 0.1) is 0 Å². The number of carbonyl (C=O) groups is 2. The Morgan fingerprint density at radius 1 is 0.756 bits per heavy atom. The van der Waals surface area contributed by atoms with Crippen LogP contribution in [0.4, 0.5) is 0 Å². The molecule has 1 amide bonds. The molecule has 0 bridgehead atoms. The highest BCUT2D eigenvalue weighted by molar-refractivity contribution is 7.91. The van der Waals surface area contributed by atoms with Gasteiger partial charge in [-0.05, 0) is 110 Å². The molecule has 2 aromatic rings. The molecule has 0 spiro atoms. The van der Waals surface area contributed by atoms with Gasteiger partial charge in [-0.15, -0.1) is 0 Å². The predicted molar refractivity (Wildman–Crippen MR) is 167 cm³/mol. The SMILES string of the molecule is CC=C(C)c1cc(CC)c(C(=O)Cl)cc1S(C)(=O)=O.CC=C(C)c1cc(CC)c(C(=O)N=C(N)N)cc1S(C)(=O)=O. The first-order chi connectivity index (χ1) is 18.8. The van der Waals surface area contributed by atoms with E-state index in [9.17, 15) is 26.4 Å².